The lowest BCUT2D eigenvalue weighted by atomic mass is 10.1. The van der Waals surface area contributed by atoms with Gasteiger partial charge in [0.1, 0.15) is 11.1 Å². The SMILES string of the molecule is COc1ccc(N2C(=O)CS[C@H]2c2ccccc2C(F)(F)F)cc1Cl. The lowest BCUT2D eigenvalue weighted by Gasteiger charge is -2.27. The smallest absolute Gasteiger partial charge is 0.416 e. The first kappa shape index (κ1) is 17.9. The Morgan fingerprint density at radius 2 is 1.96 bits per heavy atom. The monoisotopic (exact) mass is 387 g/mol. The number of hydrogen-bond donors (Lipinski definition) is 0. The molecule has 8 heteroatoms. The van der Waals surface area contributed by atoms with Gasteiger partial charge in [-0.3, -0.25) is 9.69 Å². The summed E-state index contributed by atoms with van der Waals surface area (Å²) in [6.45, 7) is 0. The third-order valence-corrected chi connectivity index (χ3v) is 5.30. The second kappa shape index (κ2) is 6.80. The quantitative estimate of drug-likeness (QED) is 0.729. The number of benzene rings is 2. The predicted molar refractivity (Wildman–Crippen MR) is 92.1 cm³/mol. The molecule has 3 rings (SSSR count). The number of hydrogen-bond acceptors (Lipinski definition) is 3. The van der Waals surface area contributed by atoms with Gasteiger partial charge in [-0.2, -0.15) is 13.2 Å². The zero-order valence-electron chi connectivity index (χ0n) is 13.0. The van der Waals surface area contributed by atoms with Crippen LogP contribution in [0.2, 0.25) is 5.02 Å². The Bertz CT molecular complexity index is 813. The van der Waals surface area contributed by atoms with Crippen molar-refractivity contribution >= 4 is 35.0 Å². The summed E-state index contributed by atoms with van der Waals surface area (Å²) in [4.78, 5) is 13.7. The van der Waals surface area contributed by atoms with Crippen LogP contribution in [0, 0.1) is 0 Å². The van der Waals surface area contributed by atoms with Gasteiger partial charge in [0.15, 0.2) is 0 Å². The number of rotatable bonds is 3. The minimum Gasteiger partial charge on any atom is -0.495 e. The van der Waals surface area contributed by atoms with E-state index in [1.54, 1.807) is 12.1 Å². The summed E-state index contributed by atoms with van der Waals surface area (Å²) in [5.41, 5.74) is -0.257. The third kappa shape index (κ3) is 3.43. The lowest BCUT2D eigenvalue weighted by molar-refractivity contribution is -0.138. The Kier molecular flexibility index (Phi) is 4.88. The zero-order chi connectivity index (χ0) is 18.2. The van der Waals surface area contributed by atoms with Crippen LogP contribution in [0.5, 0.6) is 5.75 Å². The van der Waals surface area contributed by atoms with Gasteiger partial charge in [-0.25, -0.2) is 0 Å². The number of anilines is 1. The van der Waals surface area contributed by atoms with Crippen LogP contribution in [0.1, 0.15) is 16.5 Å². The van der Waals surface area contributed by atoms with Crippen molar-refractivity contribution in [2.75, 3.05) is 17.8 Å². The highest BCUT2D eigenvalue weighted by atomic mass is 35.5. The first-order chi connectivity index (χ1) is 11.8. The molecule has 0 bridgehead atoms. The highest BCUT2D eigenvalue weighted by Crippen LogP contribution is 2.46. The molecule has 0 unspecified atom stereocenters. The fourth-order valence-corrected chi connectivity index (χ4v) is 4.17. The molecule has 0 spiro atoms. The van der Waals surface area contributed by atoms with Crippen LogP contribution in [0.3, 0.4) is 0 Å². The summed E-state index contributed by atoms with van der Waals surface area (Å²) in [5.74, 6) is 0.255. The molecule has 0 aliphatic carbocycles. The first-order valence-electron chi connectivity index (χ1n) is 7.26. The van der Waals surface area contributed by atoms with Gasteiger partial charge in [-0.1, -0.05) is 29.8 Å². The second-order valence-electron chi connectivity index (χ2n) is 5.33. The number of carbonyl (C=O) groups excluding carboxylic acids is 1. The molecule has 1 amide bonds. The van der Waals surface area contributed by atoms with Gasteiger partial charge < -0.3 is 4.74 Å². The molecule has 132 valence electrons. The van der Waals surface area contributed by atoms with E-state index in [2.05, 4.69) is 0 Å². The van der Waals surface area contributed by atoms with E-state index in [-0.39, 0.29) is 22.2 Å². The lowest BCUT2D eigenvalue weighted by Crippen LogP contribution is -2.29. The number of alkyl halides is 3. The van der Waals surface area contributed by atoms with Crippen molar-refractivity contribution in [3.8, 4) is 5.75 Å². The van der Waals surface area contributed by atoms with E-state index in [0.717, 1.165) is 17.8 Å². The topological polar surface area (TPSA) is 29.5 Å². The highest BCUT2D eigenvalue weighted by molar-refractivity contribution is 8.00. The summed E-state index contributed by atoms with van der Waals surface area (Å²) < 4.78 is 45.1. The molecule has 3 nitrogen and oxygen atoms in total. The normalized spacial score (nSPS) is 17.9. The Morgan fingerprint density at radius 3 is 2.60 bits per heavy atom. The van der Waals surface area contributed by atoms with Crippen LogP contribution in [0.25, 0.3) is 0 Å². The molecule has 0 N–H and O–H groups in total. The molecule has 0 aromatic heterocycles. The van der Waals surface area contributed by atoms with Crippen molar-refractivity contribution in [2.45, 2.75) is 11.6 Å². The fourth-order valence-electron chi connectivity index (χ4n) is 2.71. The molecular weight excluding hydrogens is 375 g/mol. The second-order valence-corrected chi connectivity index (χ2v) is 6.81. The van der Waals surface area contributed by atoms with Crippen LogP contribution >= 0.6 is 23.4 Å². The molecule has 0 radical (unpaired) electrons. The summed E-state index contributed by atoms with van der Waals surface area (Å²) >= 11 is 7.26. The molecule has 1 saturated heterocycles. The van der Waals surface area contributed by atoms with Crippen LogP contribution in [-0.2, 0) is 11.0 Å². The molecule has 2 aromatic carbocycles. The zero-order valence-corrected chi connectivity index (χ0v) is 14.6. The van der Waals surface area contributed by atoms with Gasteiger partial charge in [0, 0.05) is 5.69 Å². The average molecular weight is 388 g/mol. The molecule has 2 aromatic rings. The van der Waals surface area contributed by atoms with Gasteiger partial charge in [0.2, 0.25) is 5.91 Å². The summed E-state index contributed by atoms with van der Waals surface area (Å²) in [6.07, 6.45) is -4.49. The standard InChI is InChI=1S/C17H13ClF3NO2S/c1-24-14-7-6-10(8-13(14)18)22-15(23)9-25-16(22)11-4-2-3-5-12(11)17(19,20)21/h2-8,16H,9H2,1H3/t16-/m0/s1. The van der Waals surface area contributed by atoms with Gasteiger partial charge in [-0.05, 0) is 29.8 Å². The number of halogens is 4. The summed E-state index contributed by atoms with van der Waals surface area (Å²) in [6, 6.07) is 10.0. The molecule has 1 aliphatic rings. The number of amides is 1. The number of carbonyl (C=O) groups is 1. The number of methoxy groups -OCH3 is 1. The van der Waals surface area contributed by atoms with Crippen molar-refractivity contribution in [3.05, 3.63) is 58.6 Å². The maximum Gasteiger partial charge on any atom is 0.416 e. The number of nitrogens with zero attached hydrogens (tertiary/aromatic N) is 1. The van der Waals surface area contributed by atoms with Gasteiger partial charge in [0.05, 0.1) is 23.4 Å². The maximum absolute atomic E-state index is 13.3. The van der Waals surface area contributed by atoms with Crippen LogP contribution in [0.4, 0.5) is 18.9 Å². The molecule has 25 heavy (non-hydrogen) atoms. The summed E-state index contributed by atoms with van der Waals surface area (Å²) in [5, 5.41) is -0.484. The van der Waals surface area contributed by atoms with E-state index in [9.17, 15) is 18.0 Å². The summed E-state index contributed by atoms with van der Waals surface area (Å²) in [7, 11) is 1.46. The van der Waals surface area contributed by atoms with Crippen LogP contribution in [0.15, 0.2) is 42.5 Å². The van der Waals surface area contributed by atoms with Gasteiger partial charge >= 0.3 is 6.18 Å². The van der Waals surface area contributed by atoms with E-state index in [1.807, 2.05) is 0 Å². The van der Waals surface area contributed by atoms with Crippen molar-refractivity contribution in [1.29, 1.82) is 0 Å². The van der Waals surface area contributed by atoms with Crippen LogP contribution in [-0.4, -0.2) is 18.8 Å². The van der Waals surface area contributed by atoms with E-state index in [0.29, 0.717) is 11.4 Å². The molecule has 1 fully saturated rings. The third-order valence-electron chi connectivity index (χ3n) is 3.81. The molecular formula is C17H13ClF3NO2S. The van der Waals surface area contributed by atoms with Crippen molar-refractivity contribution < 1.29 is 22.7 Å². The molecule has 1 aliphatic heterocycles. The van der Waals surface area contributed by atoms with E-state index in [1.165, 1.54) is 36.3 Å². The Balaban J connectivity index is 2.06. The molecule has 1 atom stereocenters. The van der Waals surface area contributed by atoms with Gasteiger partial charge in [-0.15, -0.1) is 11.8 Å². The predicted octanol–water partition coefficient (Wildman–Crippen LogP) is 5.15. The Morgan fingerprint density at radius 1 is 1.24 bits per heavy atom. The fraction of sp³-hybridized carbons (Fsp3) is 0.235. The molecule has 0 saturated carbocycles. The minimum atomic E-state index is -4.49. The average Bonchev–Trinajstić information content (AvgIpc) is 2.95. The highest BCUT2D eigenvalue weighted by Gasteiger charge is 2.41. The number of thioether (sulfide) groups is 1. The Labute approximate surface area is 151 Å². The minimum absolute atomic E-state index is 0.0535. The first-order valence-corrected chi connectivity index (χ1v) is 8.69. The number of ether oxygens (including phenoxy) is 1. The van der Waals surface area contributed by atoms with Crippen molar-refractivity contribution in [2.24, 2.45) is 0 Å². The molecule has 1 heterocycles. The van der Waals surface area contributed by atoms with E-state index in [4.69, 9.17) is 16.3 Å². The maximum atomic E-state index is 13.3. The van der Waals surface area contributed by atoms with E-state index >= 15 is 0 Å². The van der Waals surface area contributed by atoms with Gasteiger partial charge in [0.25, 0.3) is 0 Å². The van der Waals surface area contributed by atoms with Crippen LogP contribution < -0.4 is 9.64 Å². The van der Waals surface area contributed by atoms with E-state index < -0.39 is 17.1 Å². The van der Waals surface area contributed by atoms with Crippen molar-refractivity contribution in [3.63, 3.8) is 0 Å². The largest absolute Gasteiger partial charge is 0.495 e. The Hall–Kier alpha value is -1.86. The van der Waals surface area contributed by atoms with Crippen molar-refractivity contribution in [1.82, 2.24) is 0 Å².